The Labute approximate surface area is 260 Å². The predicted molar refractivity (Wildman–Crippen MR) is 179 cm³/mol. The van der Waals surface area contributed by atoms with E-state index in [4.69, 9.17) is 36.0 Å². The van der Waals surface area contributed by atoms with Gasteiger partial charge >= 0.3 is 41.3 Å². The van der Waals surface area contributed by atoms with E-state index in [1.807, 2.05) is 0 Å². The van der Waals surface area contributed by atoms with Gasteiger partial charge in [-0.1, -0.05) is 44.9 Å². The first kappa shape index (κ1) is 43.1. The molecule has 0 atom stereocenters. The van der Waals surface area contributed by atoms with Crippen molar-refractivity contribution in [2.75, 3.05) is 13.2 Å². The zero-order valence-electron chi connectivity index (χ0n) is 27.6. The molecule has 12 nitrogen and oxygen atoms in total. The normalized spacial score (nSPS) is 14.5. The molecule has 42 heavy (non-hydrogen) atoms. The van der Waals surface area contributed by atoms with Crippen molar-refractivity contribution in [1.82, 2.24) is 0 Å². The predicted octanol–water partition coefficient (Wildman–Crippen LogP) is 7.30. The Morgan fingerprint density at radius 2 is 0.690 bits per heavy atom. The van der Waals surface area contributed by atoms with Crippen molar-refractivity contribution in [2.24, 2.45) is 0 Å². The lowest BCUT2D eigenvalue weighted by Crippen LogP contribution is -2.58. The highest BCUT2D eigenvalue weighted by atomic mass is 31.2. The largest absolute Gasteiger partial charge is 0.469 e. The molecule has 0 unspecified atom stereocenters. The lowest BCUT2D eigenvalue weighted by Gasteiger charge is -2.42. The van der Waals surface area contributed by atoms with Crippen LogP contribution in [0.2, 0.25) is 77.6 Å². The third-order valence-electron chi connectivity index (χ3n) is 6.14. The summed E-state index contributed by atoms with van der Waals surface area (Å²) in [7, 11) is -20.2. The first-order valence-electron chi connectivity index (χ1n) is 14.9. The Morgan fingerprint density at radius 3 is 1.02 bits per heavy atom. The van der Waals surface area contributed by atoms with Gasteiger partial charge in [-0.2, -0.15) is 0 Å². The zero-order chi connectivity index (χ0) is 32.9. The van der Waals surface area contributed by atoms with E-state index in [0.29, 0.717) is 12.8 Å². The van der Waals surface area contributed by atoms with Crippen LogP contribution >= 0.6 is 15.6 Å². The van der Waals surface area contributed by atoms with E-state index in [-0.39, 0.29) is 13.2 Å². The minimum Gasteiger partial charge on any atom is -0.436 e. The monoisotopic (exact) mass is 730 g/mol. The first-order valence-corrected chi connectivity index (χ1v) is 32.7. The van der Waals surface area contributed by atoms with Crippen LogP contribution in [0, 0.1) is 0 Å². The summed E-state index contributed by atoms with van der Waals surface area (Å²) in [6, 6.07) is 1.98. The third kappa shape index (κ3) is 26.4. The molecule has 254 valence electrons. The van der Waals surface area contributed by atoms with Crippen LogP contribution in [0.15, 0.2) is 0 Å². The van der Waals surface area contributed by atoms with Crippen LogP contribution in [-0.2, 0) is 34.6 Å². The number of unbranched alkanes of at least 4 members (excludes halogenated alkanes) is 7. The number of hydrogen-bond acceptors (Lipinski definition) is 8. The quantitative estimate of drug-likeness (QED) is 0.0421. The van der Waals surface area contributed by atoms with Crippen LogP contribution in [0.1, 0.15) is 57.8 Å². The summed E-state index contributed by atoms with van der Waals surface area (Å²) in [6.07, 6.45) is 8.16. The lowest BCUT2D eigenvalue weighted by molar-refractivity contribution is 0.191. The molecular formula is C23H60O12P2Si5. The van der Waals surface area contributed by atoms with Crippen LogP contribution in [0.4, 0.5) is 0 Å². The van der Waals surface area contributed by atoms with E-state index in [1.165, 1.54) is 0 Å². The summed E-state index contributed by atoms with van der Waals surface area (Å²) in [6.45, 7) is 21.5. The maximum absolute atomic E-state index is 10.8. The van der Waals surface area contributed by atoms with Crippen LogP contribution in [0.25, 0.3) is 0 Å². The van der Waals surface area contributed by atoms with Crippen molar-refractivity contribution in [1.29, 1.82) is 0 Å². The van der Waals surface area contributed by atoms with Gasteiger partial charge in [-0.15, -0.1) is 0 Å². The van der Waals surface area contributed by atoms with Crippen LogP contribution < -0.4 is 0 Å². The Morgan fingerprint density at radius 1 is 0.429 bits per heavy atom. The molecule has 0 aliphatic rings. The lowest BCUT2D eigenvalue weighted by atomic mass is 10.1. The molecule has 0 aliphatic carbocycles. The number of rotatable bonds is 25. The smallest absolute Gasteiger partial charge is 0.436 e. The van der Waals surface area contributed by atoms with Crippen molar-refractivity contribution in [3.8, 4) is 0 Å². The molecular weight excluding hydrogens is 671 g/mol. The van der Waals surface area contributed by atoms with E-state index < -0.39 is 58.0 Å². The molecule has 0 rings (SSSR count). The Bertz CT molecular complexity index is 865. The second-order valence-electron chi connectivity index (χ2n) is 13.5. The fourth-order valence-electron chi connectivity index (χ4n) is 5.24. The molecule has 0 saturated carbocycles. The molecule has 0 radical (unpaired) electrons. The molecule has 0 saturated heterocycles. The van der Waals surface area contributed by atoms with Gasteiger partial charge in [0.15, 0.2) is 16.6 Å². The van der Waals surface area contributed by atoms with E-state index in [9.17, 15) is 9.13 Å². The molecule has 0 amide bonds. The van der Waals surface area contributed by atoms with Crippen LogP contribution in [-0.4, -0.2) is 75.1 Å². The molecule has 0 aromatic heterocycles. The standard InChI is InChI=1S/C23H60O12P2Si5/c1-38(2,22-18-14-12-11-13-16-20-30-36(24,25)26)32-40(5,6)34-42(9,10)35-41(7,8)33-39(3,4)23-19-15-17-21-31-37(27,28)29/h11-23H2,1-10H3,(H2,24,25,26)(H2,27,28,29). The minimum absolute atomic E-state index is 0.0526. The average Bonchev–Trinajstić information content (AvgIpc) is 2.69. The van der Waals surface area contributed by atoms with E-state index in [2.05, 4.69) is 74.5 Å². The van der Waals surface area contributed by atoms with Crippen molar-refractivity contribution >= 4 is 58.0 Å². The SMILES string of the molecule is C[Si](C)(CCCCCCCCOP(=O)(O)O)O[Si](C)(C)O[Si](C)(C)O[Si](C)(C)O[Si](C)(C)CCCCCOP(=O)(O)O. The summed E-state index contributed by atoms with van der Waals surface area (Å²) < 4.78 is 57.2. The number of phosphoric ester groups is 2. The molecule has 4 N–H and O–H groups in total. The van der Waals surface area contributed by atoms with E-state index in [1.54, 1.807) is 0 Å². The van der Waals surface area contributed by atoms with Gasteiger partial charge in [0.1, 0.15) is 0 Å². The maximum atomic E-state index is 10.8. The summed E-state index contributed by atoms with van der Waals surface area (Å²) in [4.78, 5) is 35.0. The molecule has 0 spiro atoms. The molecule has 0 bridgehead atoms. The van der Waals surface area contributed by atoms with Gasteiger partial charge in [-0.3, -0.25) is 9.05 Å². The van der Waals surface area contributed by atoms with Crippen LogP contribution in [0.3, 0.4) is 0 Å². The molecule has 0 aromatic rings. The highest BCUT2D eigenvalue weighted by molar-refractivity contribution is 7.46. The molecule has 0 aromatic carbocycles. The number of hydrogen-bond donors (Lipinski definition) is 4. The summed E-state index contributed by atoms with van der Waals surface area (Å²) in [5.41, 5.74) is 0. The van der Waals surface area contributed by atoms with Crippen molar-refractivity contribution in [2.45, 2.75) is 135 Å². The van der Waals surface area contributed by atoms with Gasteiger partial charge in [0.05, 0.1) is 13.2 Å². The first-order chi connectivity index (χ1) is 18.7. The van der Waals surface area contributed by atoms with Crippen molar-refractivity contribution in [3.05, 3.63) is 0 Å². The van der Waals surface area contributed by atoms with E-state index in [0.717, 1.165) is 57.0 Å². The van der Waals surface area contributed by atoms with Gasteiger partial charge in [0.25, 0.3) is 0 Å². The zero-order valence-corrected chi connectivity index (χ0v) is 34.4. The van der Waals surface area contributed by atoms with E-state index >= 15 is 0 Å². The minimum atomic E-state index is -4.40. The summed E-state index contributed by atoms with van der Waals surface area (Å²) >= 11 is 0. The van der Waals surface area contributed by atoms with Crippen molar-refractivity contribution < 1.29 is 54.2 Å². The van der Waals surface area contributed by atoms with Gasteiger partial charge in [0.2, 0.25) is 0 Å². The molecule has 19 heteroatoms. The highest BCUT2D eigenvalue weighted by Crippen LogP contribution is 2.36. The van der Waals surface area contributed by atoms with Crippen molar-refractivity contribution in [3.63, 3.8) is 0 Å². The second kappa shape index (κ2) is 18.5. The highest BCUT2D eigenvalue weighted by Gasteiger charge is 2.45. The van der Waals surface area contributed by atoms with Gasteiger partial charge < -0.3 is 36.0 Å². The molecule has 0 fully saturated rings. The molecule has 0 heterocycles. The Hall–Kier alpha value is 1.14. The maximum Gasteiger partial charge on any atom is 0.469 e. The Balaban J connectivity index is 4.55. The van der Waals surface area contributed by atoms with Gasteiger partial charge in [-0.25, -0.2) is 9.13 Å². The van der Waals surface area contributed by atoms with Gasteiger partial charge in [-0.05, 0) is 90.4 Å². The average molecular weight is 731 g/mol. The second-order valence-corrected chi connectivity index (χ2v) is 35.6. The fraction of sp³-hybridized carbons (Fsp3) is 1.00. The third-order valence-corrected chi connectivity index (χ3v) is 26.5. The topological polar surface area (TPSA) is 170 Å². The van der Waals surface area contributed by atoms with Crippen LogP contribution in [0.5, 0.6) is 0 Å². The Kier molecular flexibility index (Phi) is 19.0. The molecule has 0 aliphatic heterocycles. The van der Waals surface area contributed by atoms with Gasteiger partial charge in [0, 0.05) is 0 Å². The summed E-state index contributed by atoms with van der Waals surface area (Å²) in [5.74, 6) is 0. The summed E-state index contributed by atoms with van der Waals surface area (Å²) in [5, 5.41) is 0. The number of phosphoric acid groups is 2. The fourth-order valence-corrected chi connectivity index (χ4v) is 30.7.